The van der Waals surface area contributed by atoms with Gasteiger partial charge in [0, 0.05) is 24.0 Å². The second-order valence-corrected chi connectivity index (χ2v) is 4.56. The first-order valence-electron chi connectivity index (χ1n) is 6.22. The molecule has 1 heterocycles. The zero-order chi connectivity index (χ0) is 12.8. The molecule has 1 aromatic heterocycles. The van der Waals surface area contributed by atoms with E-state index >= 15 is 0 Å². The van der Waals surface area contributed by atoms with Gasteiger partial charge in [0.15, 0.2) is 0 Å². The van der Waals surface area contributed by atoms with E-state index in [1.165, 1.54) is 0 Å². The van der Waals surface area contributed by atoms with E-state index in [1.807, 2.05) is 30.7 Å². The lowest BCUT2D eigenvalue weighted by Gasteiger charge is -2.16. The van der Waals surface area contributed by atoms with Crippen LogP contribution in [0.3, 0.4) is 0 Å². The van der Waals surface area contributed by atoms with Gasteiger partial charge in [0.25, 0.3) is 0 Å². The highest BCUT2D eigenvalue weighted by molar-refractivity contribution is 5.76. The van der Waals surface area contributed by atoms with Gasteiger partial charge in [-0.25, -0.2) is 0 Å². The van der Waals surface area contributed by atoms with Crippen LogP contribution in [0.25, 0.3) is 0 Å². The minimum absolute atomic E-state index is 0.0566. The van der Waals surface area contributed by atoms with E-state index in [0.717, 1.165) is 12.2 Å². The number of nitrogens with zero attached hydrogens (tertiary/aromatic N) is 1. The van der Waals surface area contributed by atoms with Gasteiger partial charge in [0.1, 0.15) is 6.54 Å². The molecule has 1 unspecified atom stereocenters. The Morgan fingerprint density at radius 1 is 1.41 bits per heavy atom. The molecule has 1 aromatic rings. The standard InChI is InChI=1S/C13H23N3O/c1-5-14-11(4)12-7-6-8-16(12)9-13(17)15-10(2)3/h6-8,10-11,14H,5,9H2,1-4H3,(H,15,17). The van der Waals surface area contributed by atoms with Crippen molar-refractivity contribution in [3.8, 4) is 0 Å². The third-order valence-corrected chi connectivity index (χ3v) is 2.58. The molecule has 0 saturated heterocycles. The Bertz CT molecular complexity index is 357. The Kier molecular flexibility index (Phi) is 5.22. The molecule has 4 nitrogen and oxygen atoms in total. The molecule has 0 aliphatic heterocycles. The lowest BCUT2D eigenvalue weighted by molar-refractivity contribution is -0.122. The summed E-state index contributed by atoms with van der Waals surface area (Å²) in [7, 11) is 0. The van der Waals surface area contributed by atoms with Crippen molar-refractivity contribution < 1.29 is 4.79 Å². The summed E-state index contributed by atoms with van der Waals surface area (Å²) in [5.74, 6) is 0.0566. The summed E-state index contributed by atoms with van der Waals surface area (Å²) >= 11 is 0. The minimum atomic E-state index is 0.0566. The fourth-order valence-electron chi connectivity index (χ4n) is 1.90. The van der Waals surface area contributed by atoms with E-state index in [1.54, 1.807) is 0 Å². The SMILES string of the molecule is CCNC(C)c1cccn1CC(=O)NC(C)C. The topological polar surface area (TPSA) is 46.1 Å². The number of aromatic nitrogens is 1. The second kappa shape index (κ2) is 6.45. The largest absolute Gasteiger partial charge is 0.352 e. The van der Waals surface area contributed by atoms with Gasteiger partial charge in [-0.15, -0.1) is 0 Å². The molecular formula is C13H23N3O. The summed E-state index contributed by atoms with van der Waals surface area (Å²) in [6.07, 6.45) is 1.95. The highest BCUT2D eigenvalue weighted by Crippen LogP contribution is 2.12. The third-order valence-electron chi connectivity index (χ3n) is 2.58. The molecule has 0 aliphatic carbocycles. The van der Waals surface area contributed by atoms with Crippen LogP contribution in [0.2, 0.25) is 0 Å². The molecule has 0 fully saturated rings. The first-order valence-corrected chi connectivity index (χ1v) is 6.22. The summed E-state index contributed by atoms with van der Waals surface area (Å²) < 4.78 is 1.99. The van der Waals surface area contributed by atoms with Gasteiger partial charge in [0.2, 0.25) is 5.91 Å². The van der Waals surface area contributed by atoms with Crippen molar-refractivity contribution in [2.24, 2.45) is 0 Å². The molecule has 0 aliphatic rings. The molecule has 0 saturated carbocycles. The van der Waals surface area contributed by atoms with E-state index in [2.05, 4.69) is 30.5 Å². The van der Waals surface area contributed by atoms with Crippen LogP contribution in [0.1, 0.15) is 39.4 Å². The minimum Gasteiger partial charge on any atom is -0.352 e. The van der Waals surface area contributed by atoms with E-state index in [9.17, 15) is 4.79 Å². The first kappa shape index (κ1) is 13.8. The lowest BCUT2D eigenvalue weighted by atomic mass is 10.2. The van der Waals surface area contributed by atoms with Crippen LogP contribution in [0.5, 0.6) is 0 Å². The fourth-order valence-corrected chi connectivity index (χ4v) is 1.90. The lowest BCUT2D eigenvalue weighted by Crippen LogP contribution is -2.33. The van der Waals surface area contributed by atoms with Crippen molar-refractivity contribution in [1.82, 2.24) is 15.2 Å². The molecule has 1 atom stereocenters. The maximum Gasteiger partial charge on any atom is 0.240 e. The maximum atomic E-state index is 11.7. The van der Waals surface area contributed by atoms with Crippen molar-refractivity contribution in [2.45, 2.75) is 46.3 Å². The van der Waals surface area contributed by atoms with Gasteiger partial charge in [-0.2, -0.15) is 0 Å². The van der Waals surface area contributed by atoms with Crippen LogP contribution in [0.15, 0.2) is 18.3 Å². The zero-order valence-corrected chi connectivity index (χ0v) is 11.2. The van der Waals surface area contributed by atoms with Crippen molar-refractivity contribution in [3.05, 3.63) is 24.0 Å². The van der Waals surface area contributed by atoms with Gasteiger partial charge in [-0.1, -0.05) is 6.92 Å². The Labute approximate surface area is 103 Å². The number of carbonyl (C=O) groups excluding carboxylic acids is 1. The van der Waals surface area contributed by atoms with Crippen LogP contribution in [0, 0.1) is 0 Å². The van der Waals surface area contributed by atoms with Gasteiger partial charge < -0.3 is 15.2 Å². The molecule has 2 N–H and O–H groups in total. The number of nitrogens with one attached hydrogen (secondary N) is 2. The highest BCUT2D eigenvalue weighted by Gasteiger charge is 2.11. The number of amides is 1. The van der Waals surface area contributed by atoms with Gasteiger partial charge in [0.05, 0.1) is 0 Å². The molecule has 1 amide bonds. The van der Waals surface area contributed by atoms with Gasteiger partial charge >= 0.3 is 0 Å². The summed E-state index contributed by atoms with van der Waals surface area (Å²) in [5.41, 5.74) is 1.14. The predicted molar refractivity (Wildman–Crippen MR) is 69.8 cm³/mol. The molecule has 1 rings (SSSR count). The van der Waals surface area contributed by atoms with Crippen molar-refractivity contribution in [2.75, 3.05) is 6.54 Å². The predicted octanol–water partition coefficient (Wildman–Crippen LogP) is 1.68. The van der Waals surface area contributed by atoms with E-state index < -0.39 is 0 Å². The third kappa shape index (κ3) is 4.23. The van der Waals surface area contributed by atoms with Gasteiger partial charge in [-0.3, -0.25) is 4.79 Å². The van der Waals surface area contributed by atoms with Crippen LogP contribution < -0.4 is 10.6 Å². The van der Waals surface area contributed by atoms with Crippen molar-refractivity contribution in [1.29, 1.82) is 0 Å². The molecular weight excluding hydrogens is 214 g/mol. The van der Waals surface area contributed by atoms with Crippen LogP contribution in [-0.2, 0) is 11.3 Å². The van der Waals surface area contributed by atoms with Crippen molar-refractivity contribution in [3.63, 3.8) is 0 Å². The molecule has 0 aromatic carbocycles. The Hall–Kier alpha value is -1.29. The van der Waals surface area contributed by atoms with E-state index in [-0.39, 0.29) is 18.0 Å². The monoisotopic (exact) mass is 237 g/mol. The number of rotatable bonds is 6. The second-order valence-electron chi connectivity index (χ2n) is 4.56. The first-order chi connectivity index (χ1) is 8.04. The highest BCUT2D eigenvalue weighted by atomic mass is 16.2. The zero-order valence-electron chi connectivity index (χ0n) is 11.2. The molecule has 4 heteroatoms. The van der Waals surface area contributed by atoms with Crippen molar-refractivity contribution >= 4 is 5.91 Å². The summed E-state index contributed by atoms with van der Waals surface area (Å²) in [4.78, 5) is 11.7. The Balaban J connectivity index is 2.65. The normalized spacial score (nSPS) is 12.8. The number of carbonyl (C=O) groups is 1. The molecule has 0 spiro atoms. The number of hydrogen-bond acceptors (Lipinski definition) is 2. The Morgan fingerprint density at radius 3 is 2.71 bits per heavy atom. The molecule has 96 valence electrons. The van der Waals surface area contributed by atoms with E-state index in [0.29, 0.717) is 6.54 Å². The molecule has 0 bridgehead atoms. The van der Waals surface area contributed by atoms with Crippen LogP contribution in [0.4, 0.5) is 0 Å². The average molecular weight is 237 g/mol. The maximum absolute atomic E-state index is 11.7. The van der Waals surface area contributed by atoms with Crippen LogP contribution >= 0.6 is 0 Å². The number of hydrogen-bond donors (Lipinski definition) is 2. The Morgan fingerprint density at radius 2 is 2.12 bits per heavy atom. The summed E-state index contributed by atoms with van der Waals surface area (Å²) in [6, 6.07) is 4.48. The fraction of sp³-hybridized carbons (Fsp3) is 0.615. The molecule has 0 radical (unpaired) electrons. The molecule has 17 heavy (non-hydrogen) atoms. The summed E-state index contributed by atoms with van der Waals surface area (Å²) in [6.45, 7) is 9.43. The average Bonchev–Trinajstić information content (AvgIpc) is 2.64. The smallest absolute Gasteiger partial charge is 0.240 e. The quantitative estimate of drug-likeness (QED) is 0.791. The summed E-state index contributed by atoms with van der Waals surface area (Å²) in [5, 5.41) is 6.25. The van der Waals surface area contributed by atoms with Gasteiger partial charge in [-0.05, 0) is 39.4 Å². The van der Waals surface area contributed by atoms with Crippen LogP contribution in [-0.4, -0.2) is 23.1 Å². The van der Waals surface area contributed by atoms with E-state index in [4.69, 9.17) is 0 Å².